The number of nitrogens with one attached hydrogen (secondary N) is 1. The van der Waals surface area contributed by atoms with E-state index in [1.807, 2.05) is 29.2 Å². The molecule has 0 aliphatic rings. The lowest BCUT2D eigenvalue weighted by Crippen LogP contribution is -2.09. The molecule has 1 aromatic heterocycles. The van der Waals surface area contributed by atoms with Crippen molar-refractivity contribution < 1.29 is 0 Å². The number of anilines is 1. The topological polar surface area (TPSA) is 29.9 Å². The van der Waals surface area contributed by atoms with Gasteiger partial charge in [-0.15, -0.1) is 0 Å². The number of hydrogen-bond acceptors (Lipinski definition) is 2. The summed E-state index contributed by atoms with van der Waals surface area (Å²) in [5.41, 5.74) is 2.05. The van der Waals surface area contributed by atoms with Gasteiger partial charge in [0.25, 0.3) is 0 Å². The van der Waals surface area contributed by atoms with Gasteiger partial charge in [-0.05, 0) is 31.0 Å². The van der Waals surface area contributed by atoms with E-state index in [1.165, 1.54) is 0 Å². The second-order valence-corrected chi connectivity index (χ2v) is 5.20. The smallest absolute Gasteiger partial charge is 0.0731 e. The Morgan fingerprint density at radius 1 is 1.32 bits per heavy atom. The third kappa shape index (κ3) is 3.43. The Morgan fingerprint density at radius 2 is 2.11 bits per heavy atom. The van der Waals surface area contributed by atoms with Crippen molar-refractivity contribution in [2.24, 2.45) is 0 Å². The highest BCUT2D eigenvalue weighted by molar-refractivity contribution is 6.35. The molecular formula is C14H17Cl2N3. The molecule has 0 bridgehead atoms. The molecular weight excluding hydrogens is 281 g/mol. The van der Waals surface area contributed by atoms with Gasteiger partial charge in [0.2, 0.25) is 0 Å². The molecule has 1 aromatic carbocycles. The van der Waals surface area contributed by atoms with Crippen molar-refractivity contribution in [1.29, 1.82) is 0 Å². The predicted molar refractivity (Wildman–Crippen MR) is 81.0 cm³/mol. The van der Waals surface area contributed by atoms with Crippen molar-refractivity contribution in [2.75, 3.05) is 5.32 Å². The van der Waals surface area contributed by atoms with E-state index in [2.05, 4.69) is 24.3 Å². The van der Waals surface area contributed by atoms with Crippen LogP contribution < -0.4 is 5.32 Å². The van der Waals surface area contributed by atoms with E-state index in [1.54, 1.807) is 6.07 Å². The van der Waals surface area contributed by atoms with E-state index < -0.39 is 0 Å². The van der Waals surface area contributed by atoms with E-state index in [9.17, 15) is 0 Å². The summed E-state index contributed by atoms with van der Waals surface area (Å²) in [4.78, 5) is 0. The number of benzene rings is 1. The fraction of sp³-hybridized carbons (Fsp3) is 0.357. The lowest BCUT2D eigenvalue weighted by Gasteiger charge is -2.19. The molecule has 2 aromatic rings. The standard InChI is InChI=1S/C14H17Cl2N3/c1-3-14(12-6-5-10(15)7-13(12)16)18-11-8-17-19(4-2)9-11/h5-9,14,18H,3-4H2,1-2H3. The van der Waals surface area contributed by atoms with Crippen LogP contribution in [0.25, 0.3) is 0 Å². The number of nitrogens with zero attached hydrogens (tertiary/aromatic N) is 2. The molecule has 2 rings (SSSR count). The van der Waals surface area contributed by atoms with Crippen molar-refractivity contribution in [3.8, 4) is 0 Å². The van der Waals surface area contributed by atoms with E-state index in [-0.39, 0.29) is 6.04 Å². The van der Waals surface area contributed by atoms with Crippen molar-refractivity contribution in [2.45, 2.75) is 32.9 Å². The van der Waals surface area contributed by atoms with E-state index in [0.717, 1.165) is 24.2 Å². The van der Waals surface area contributed by atoms with Gasteiger partial charge >= 0.3 is 0 Å². The Morgan fingerprint density at radius 3 is 2.68 bits per heavy atom. The summed E-state index contributed by atoms with van der Waals surface area (Å²) in [7, 11) is 0. The van der Waals surface area contributed by atoms with Crippen LogP contribution in [0.1, 0.15) is 31.9 Å². The summed E-state index contributed by atoms with van der Waals surface area (Å²) in [5.74, 6) is 0. The third-order valence-corrected chi connectivity index (χ3v) is 3.61. The summed E-state index contributed by atoms with van der Waals surface area (Å²) in [5, 5.41) is 9.05. The maximum atomic E-state index is 6.26. The van der Waals surface area contributed by atoms with Gasteiger partial charge in [0.15, 0.2) is 0 Å². The number of rotatable bonds is 5. The first-order valence-corrected chi connectivity index (χ1v) is 7.13. The van der Waals surface area contributed by atoms with Crippen LogP contribution in [-0.4, -0.2) is 9.78 Å². The third-order valence-electron chi connectivity index (χ3n) is 3.04. The molecule has 0 saturated heterocycles. The molecule has 102 valence electrons. The average Bonchev–Trinajstić information content (AvgIpc) is 2.84. The van der Waals surface area contributed by atoms with Crippen LogP contribution >= 0.6 is 23.2 Å². The molecule has 1 N–H and O–H groups in total. The van der Waals surface area contributed by atoms with Crippen LogP contribution in [0.15, 0.2) is 30.6 Å². The van der Waals surface area contributed by atoms with Gasteiger partial charge in [0.1, 0.15) is 0 Å². The summed E-state index contributed by atoms with van der Waals surface area (Å²) in [6.45, 7) is 5.04. The highest BCUT2D eigenvalue weighted by atomic mass is 35.5. The monoisotopic (exact) mass is 297 g/mol. The maximum absolute atomic E-state index is 6.26. The largest absolute Gasteiger partial charge is 0.376 e. The van der Waals surface area contributed by atoms with Crippen molar-refractivity contribution in [1.82, 2.24) is 9.78 Å². The highest BCUT2D eigenvalue weighted by Crippen LogP contribution is 2.30. The lowest BCUT2D eigenvalue weighted by molar-refractivity contribution is 0.659. The van der Waals surface area contributed by atoms with Crippen LogP contribution in [0.4, 0.5) is 5.69 Å². The quantitative estimate of drug-likeness (QED) is 0.861. The SMILES string of the molecule is CCC(Nc1cnn(CC)c1)c1ccc(Cl)cc1Cl. The Hall–Kier alpha value is -1.19. The number of aryl methyl sites for hydroxylation is 1. The predicted octanol–water partition coefficient (Wildman–Crippen LogP) is 4.77. The molecule has 0 radical (unpaired) electrons. The van der Waals surface area contributed by atoms with E-state index >= 15 is 0 Å². The van der Waals surface area contributed by atoms with E-state index in [4.69, 9.17) is 23.2 Å². The van der Waals surface area contributed by atoms with Gasteiger partial charge < -0.3 is 5.32 Å². The van der Waals surface area contributed by atoms with Gasteiger partial charge in [0, 0.05) is 22.8 Å². The van der Waals surface area contributed by atoms with Gasteiger partial charge in [-0.25, -0.2) is 0 Å². The molecule has 0 spiro atoms. The zero-order chi connectivity index (χ0) is 13.8. The first-order chi connectivity index (χ1) is 9.13. The minimum Gasteiger partial charge on any atom is -0.376 e. The fourth-order valence-corrected chi connectivity index (χ4v) is 2.54. The van der Waals surface area contributed by atoms with Crippen LogP contribution in [0.3, 0.4) is 0 Å². The Bertz CT molecular complexity index is 551. The van der Waals surface area contributed by atoms with Crippen LogP contribution in [0, 0.1) is 0 Å². The molecule has 3 nitrogen and oxygen atoms in total. The van der Waals surface area contributed by atoms with Crippen LogP contribution in [-0.2, 0) is 6.54 Å². The molecule has 1 unspecified atom stereocenters. The Kier molecular flexibility index (Phi) is 4.72. The minimum absolute atomic E-state index is 0.152. The molecule has 19 heavy (non-hydrogen) atoms. The van der Waals surface area contributed by atoms with Crippen molar-refractivity contribution in [3.63, 3.8) is 0 Å². The maximum Gasteiger partial charge on any atom is 0.0731 e. The Balaban J connectivity index is 2.19. The summed E-state index contributed by atoms with van der Waals surface area (Å²) < 4.78 is 1.89. The molecule has 0 aliphatic heterocycles. The summed E-state index contributed by atoms with van der Waals surface area (Å²) in [6.07, 6.45) is 4.75. The number of halogens is 2. The molecule has 1 atom stereocenters. The normalized spacial score (nSPS) is 12.4. The van der Waals surface area contributed by atoms with Gasteiger partial charge in [0.05, 0.1) is 17.9 Å². The average molecular weight is 298 g/mol. The molecule has 5 heteroatoms. The zero-order valence-electron chi connectivity index (χ0n) is 11.0. The van der Waals surface area contributed by atoms with Crippen molar-refractivity contribution >= 4 is 28.9 Å². The Labute approximate surface area is 123 Å². The van der Waals surface area contributed by atoms with Gasteiger partial charge in [-0.3, -0.25) is 4.68 Å². The van der Waals surface area contributed by atoms with Crippen LogP contribution in [0.5, 0.6) is 0 Å². The molecule has 0 fully saturated rings. The zero-order valence-corrected chi connectivity index (χ0v) is 12.5. The van der Waals surface area contributed by atoms with Gasteiger partial charge in [-0.2, -0.15) is 5.10 Å². The van der Waals surface area contributed by atoms with Gasteiger partial charge in [-0.1, -0.05) is 36.2 Å². The van der Waals surface area contributed by atoms with E-state index in [0.29, 0.717) is 10.0 Å². The molecule has 0 aliphatic carbocycles. The second-order valence-electron chi connectivity index (χ2n) is 4.36. The summed E-state index contributed by atoms with van der Waals surface area (Å²) in [6, 6.07) is 5.76. The number of aromatic nitrogens is 2. The van der Waals surface area contributed by atoms with Crippen molar-refractivity contribution in [3.05, 3.63) is 46.2 Å². The molecule has 0 amide bonds. The number of hydrogen-bond donors (Lipinski definition) is 1. The summed E-state index contributed by atoms with van der Waals surface area (Å²) >= 11 is 12.2. The molecule has 0 saturated carbocycles. The minimum atomic E-state index is 0.152. The van der Waals surface area contributed by atoms with Crippen LogP contribution in [0.2, 0.25) is 10.0 Å². The fourth-order valence-electron chi connectivity index (χ4n) is 2.00. The first-order valence-electron chi connectivity index (χ1n) is 6.38. The highest BCUT2D eigenvalue weighted by Gasteiger charge is 2.13. The lowest BCUT2D eigenvalue weighted by atomic mass is 10.0. The second kappa shape index (κ2) is 6.31. The first kappa shape index (κ1) is 14.2. The molecule has 1 heterocycles.